The third-order valence-electron chi connectivity index (χ3n) is 4.41. The molecule has 0 bridgehead atoms. The van der Waals surface area contributed by atoms with E-state index >= 15 is 0 Å². The standard InChI is InChI=1S/C16H19F6N5O/c1-7(16(20,21)22)23-13-25-12(9-3-2-4-10(28)11(9)17)26-14(27-13)24-8-5-15(18,19)6-8/h7-8,10,28H,2-6H2,1H3,(H2,23,24,25,26,27)/i4D2. The number of aliphatic hydroxyl groups excluding tert-OH is 1. The Balaban J connectivity index is 1.94. The van der Waals surface area contributed by atoms with Gasteiger partial charge in [0.15, 0.2) is 5.82 Å². The second-order valence-electron chi connectivity index (χ2n) is 6.75. The predicted octanol–water partition coefficient (Wildman–Crippen LogP) is 3.67. The van der Waals surface area contributed by atoms with Gasteiger partial charge in [0.25, 0.3) is 5.92 Å². The number of hydrogen-bond donors (Lipinski definition) is 3. The van der Waals surface area contributed by atoms with Crippen molar-refractivity contribution >= 4 is 17.5 Å². The van der Waals surface area contributed by atoms with E-state index < -0.39 is 67.1 Å². The minimum Gasteiger partial charge on any atom is -0.386 e. The molecule has 2 aliphatic rings. The van der Waals surface area contributed by atoms with Crippen molar-refractivity contribution in [2.45, 2.75) is 69.3 Å². The van der Waals surface area contributed by atoms with Gasteiger partial charge in [-0.15, -0.1) is 0 Å². The van der Waals surface area contributed by atoms with Crippen molar-refractivity contribution in [2.75, 3.05) is 10.6 Å². The first kappa shape index (κ1) is 18.0. The number of aromatic nitrogens is 3. The Morgan fingerprint density at radius 3 is 2.46 bits per heavy atom. The number of hydrogen-bond acceptors (Lipinski definition) is 6. The van der Waals surface area contributed by atoms with E-state index in [1.807, 2.05) is 5.32 Å². The number of allylic oxidation sites excluding steroid dienone is 1. The fourth-order valence-electron chi connectivity index (χ4n) is 2.79. The number of alkyl halides is 5. The second kappa shape index (κ2) is 7.37. The van der Waals surface area contributed by atoms with E-state index in [0.29, 0.717) is 0 Å². The second-order valence-corrected chi connectivity index (χ2v) is 6.75. The van der Waals surface area contributed by atoms with Crippen LogP contribution in [-0.2, 0) is 0 Å². The Hall–Kier alpha value is -2.11. The molecule has 3 rings (SSSR count). The van der Waals surface area contributed by atoms with Crippen LogP contribution in [0.2, 0.25) is 0 Å². The van der Waals surface area contributed by atoms with Gasteiger partial charge in [-0.2, -0.15) is 28.1 Å². The zero-order valence-electron chi connectivity index (χ0n) is 16.6. The number of aliphatic hydroxyl groups is 1. The fraction of sp³-hybridized carbons (Fsp3) is 0.688. The molecule has 1 aromatic heterocycles. The highest BCUT2D eigenvalue weighted by atomic mass is 19.4. The molecule has 6 nitrogen and oxygen atoms in total. The maximum Gasteiger partial charge on any atom is 0.408 e. The Bertz CT molecular complexity index is 842. The lowest BCUT2D eigenvalue weighted by Crippen LogP contribution is -2.44. The van der Waals surface area contributed by atoms with Gasteiger partial charge >= 0.3 is 6.18 Å². The molecule has 0 aromatic carbocycles. The molecule has 2 aliphatic carbocycles. The summed E-state index contributed by atoms with van der Waals surface area (Å²) < 4.78 is 94.5. The normalized spacial score (nSPS) is 26.8. The van der Waals surface area contributed by atoms with Crippen molar-refractivity contribution in [3.63, 3.8) is 0 Å². The Kier molecular flexibility index (Phi) is 4.73. The Morgan fingerprint density at radius 1 is 1.21 bits per heavy atom. The number of anilines is 2. The molecular formula is C16H19F6N5O. The third-order valence-corrected chi connectivity index (χ3v) is 4.41. The van der Waals surface area contributed by atoms with Crippen molar-refractivity contribution < 1.29 is 34.2 Å². The van der Waals surface area contributed by atoms with Crippen LogP contribution in [0.4, 0.5) is 38.2 Å². The van der Waals surface area contributed by atoms with Crippen LogP contribution in [0.5, 0.6) is 0 Å². The maximum atomic E-state index is 14.5. The summed E-state index contributed by atoms with van der Waals surface area (Å²) in [5.74, 6) is -5.42. The number of rotatable bonds is 5. The summed E-state index contributed by atoms with van der Waals surface area (Å²) >= 11 is 0. The molecule has 1 aromatic rings. The van der Waals surface area contributed by atoms with E-state index in [9.17, 15) is 31.4 Å². The lowest BCUT2D eigenvalue weighted by molar-refractivity contribution is -0.138. The molecule has 3 N–H and O–H groups in total. The maximum absolute atomic E-state index is 14.5. The minimum absolute atomic E-state index is 0.227. The van der Waals surface area contributed by atoms with Gasteiger partial charge in [-0.1, -0.05) is 0 Å². The van der Waals surface area contributed by atoms with Gasteiger partial charge in [-0.05, 0) is 26.1 Å². The van der Waals surface area contributed by atoms with Crippen LogP contribution < -0.4 is 10.6 Å². The first-order valence-electron chi connectivity index (χ1n) is 9.49. The Labute approximate surface area is 159 Å². The molecule has 12 heteroatoms. The molecule has 28 heavy (non-hydrogen) atoms. The van der Waals surface area contributed by atoms with Gasteiger partial charge in [0.05, 0.1) is 0 Å². The monoisotopic (exact) mass is 413 g/mol. The fourth-order valence-corrected chi connectivity index (χ4v) is 2.79. The lowest BCUT2D eigenvalue weighted by atomic mass is 9.88. The summed E-state index contributed by atoms with van der Waals surface area (Å²) in [4.78, 5) is 11.4. The van der Waals surface area contributed by atoms with E-state index in [0.717, 1.165) is 6.92 Å². The van der Waals surface area contributed by atoms with E-state index in [1.54, 1.807) is 0 Å². The smallest absolute Gasteiger partial charge is 0.386 e. The average molecular weight is 413 g/mol. The van der Waals surface area contributed by atoms with Crippen molar-refractivity contribution in [3.05, 3.63) is 11.7 Å². The molecule has 0 spiro atoms. The van der Waals surface area contributed by atoms with Gasteiger partial charge in [-0.3, -0.25) is 0 Å². The summed E-state index contributed by atoms with van der Waals surface area (Å²) in [6.45, 7) is 0.807. The highest BCUT2D eigenvalue weighted by Gasteiger charge is 2.45. The van der Waals surface area contributed by atoms with Gasteiger partial charge in [0, 0.05) is 27.2 Å². The molecule has 1 heterocycles. The first-order chi connectivity index (χ1) is 13.7. The molecule has 0 aliphatic heterocycles. The highest BCUT2D eigenvalue weighted by Crippen LogP contribution is 2.39. The molecule has 0 amide bonds. The minimum atomic E-state index is -4.64. The van der Waals surface area contributed by atoms with E-state index in [2.05, 4.69) is 20.3 Å². The molecule has 1 saturated carbocycles. The topological polar surface area (TPSA) is 83.0 Å². The van der Waals surface area contributed by atoms with Crippen LogP contribution in [0.25, 0.3) is 5.57 Å². The van der Waals surface area contributed by atoms with Crippen LogP contribution in [-0.4, -0.2) is 50.3 Å². The molecule has 0 saturated heterocycles. The van der Waals surface area contributed by atoms with Crippen molar-refractivity contribution in [1.82, 2.24) is 15.0 Å². The van der Waals surface area contributed by atoms with Crippen LogP contribution >= 0.6 is 0 Å². The average Bonchev–Trinajstić information content (AvgIpc) is 2.57. The third kappa shape index (κ3) is 4.65. The summed E-state index contributed by atoms with van der Waals surface area (Å²) in [5, 5.41) is 14.4. The van der Waals surface area contributed by atoms with E-state index in [1.165, 1.54) is 0 Å². The van der Waals surface area contributed by atoms with Gasteiger partial charge < -0.3 is 15.7 Å². The number of nitrogens with one attached hydrogen (secondary N) is 2. The molecular weight excluding hydrogens is 392 g/mol. The lowest BCUT2D eigenvalue weighted by Gasteiger charge is -2.35. The van der Waals surface area contributed by atoms with Crippen LogP contribution in [0, 0.1) is 0 Å². The van der Waals surface area contributed by atoms with Gasteiger partial charge in [0.2, 0.25) is 11.9 Å². The molecule has 1 fully saturated rings. The van der Waals surface area contributed by atoms with Crippen molar-refractivity contribution in [2.24, 2.45) is 0 Å². The predicted molar refractivity (Wildman–Crippen MR) is 88.4 cm³/mol. The van der Waals surface area contributed by atoms with Gasteiger partial charge in [-0.25, -0.2) is 13.2 Å². The highest BCUT2D eigenvalue weighted by molar-refractivity contribution is 5.65. The van der Waals surface area contributed by atoms with Gasteiger partial charge in [0.1, 0.15) is 18.0 Å². The quantitative estimate of drug-likeness (QED) is 0.639. The molecule has 2 unspecified atom stereocenters. The summed E-state index contributed by atoms with van der Waals surface area (Å²) in [5.41, 5.74) is -0.287. The molecule has 2 atom stereocenters. The summed E-state index contributed by atoms with van der Waals surface area (Å²) in [7, 11) is 0. The summed E-state index contributed by atoms with van der Waals surface area (Å²) in [6, 6.07) is -2.80. The number of halogens is 6. The van der Waals surface area contributed by atoms with E-state index in [-0.39, 0.29) is 24.4 Å². The van der Waals surface area contributed by atoms with Crippen LogP contribution in [0.15, 0.2) is 5.83 Å². The Morgan fingerprint density at radius 2 is 1.86 bits per heavy atom. The van der Waals surface area contributed by atoms with Crippen LogP contribution in [0.1, 0.15) is 47.5 Å². The first-order valence-corrected chi connectivity index (χ1v) is 8.49. The van der Waals surface area contributed by atoms with E-state index in [4.69, 9.17) is 2.74 Å². The zero-order chi connectivity index (χ0) is 22.5. The SMILES string of the molecule is [2H]C1([2H])CCC(c2nc(NC3CC(F)(F)C3)nc(NC(C)C(F)(F)F)n2)=C(F)C1O. The van der Waals surface area contributed by atoms with Crippen molar-refractivity contribution in [3.8, 4) is 0 Å². The summed E-state index contributed by atoms with van der Waals surface area (Å²) in [6.07, 6.45) is -10.5. The van der Waals surface area contributed by atoms with Crippen LogP contribution in [0.3, 0.4) is 0 Å². The zero-order valence-corrected chi connectivity index (χ0v) is 14.6. The molecule has 0 radical (unpaired) electrons. The van der Waals surface area contributed by atoms with Crippen molar-refractivity contribution in [1.29, 1.82) is 0 Å². The molecule has 156 valence electrons. The largest absolute Gasteiger partial charge is 0.408 e. The number of nitrogens with zero attached hydrogens (tertiary/aromatic N) is 3.